The van der Waals surface area contributed by atoms with Crippen LogP contribution in [0.5, 0.6) is 5.88 Å². The maximum Gasteiger partial charge on any atom is 0.353 e. The van der Waals surface area contributed by atoms with E-state index in [9.17, 15) is 4.79 Å². The number of rotatable bonds is 7. The molecule has 7 heteroatoms. The van der Waals surface area contributed by atoms with Crippen LogP contribution in [-0.4, -0.2) is 36.6 Å². The molecule has 0 radical (unpaired) electrons. The molecule has 1 aliphatic heterocycles. The summed E-state index contributed by atoms with van der Waals surface area (Å²) < 4.78 is 21.9. The minimum absolute atomic E-state index is 0.0641. The normalized spacial score (nSPS) is 18.5. The summed E-state index contributed by atoms with van der Waals surface area (Å²) in [5, 5.41) is 0.688. The van der Waals surface area contributed by atoms with E-state index in [0.29, 0.717) is 29.0 Å². The third-order valence-electron chi connectivity index (χ3n) is 2.98. The topological polar surface area (TPSA) is 66.9 Å². The Morgan fingerprint density at radius 2 is 2.27 bits per heavy atom. The van der Waals surface area contributed by atoms with Crippen molar-refractivity contribution in [3.05, 3.63) is 9.88 Å². The van der Waals surface area contributed by atoms with Crippen molar-refractivity contribution in [1.29, 1.82) is 0 Å². The Labute approximate surface area is 134 Å². The minimum atomic E-state index is -0.407. The maximum absolute atomic E-state index is 12.0. The van der Waals surface area contributed by atoms with Gasteiger partial charge in [-0.25, -0.2) is 9.78 Å². The van der Waals surface area contributed by atoms with Crippen LogP contribution in [0.4, 0.5) is 0 Å². The van der Waals surface area contributed by atoms with Crippen molar-refractivity contribution in [2.24, 2.45) is 0 Å². The first kappa shape index (κ1) is 17.2. The number of ether oxygens (including phenoxy) is 4. The lowest BCUT2D eigenvalue weighted by Gasteiger charge is -2.22. The molecule has 2 rings (SSSR count). The second kappa shape index (κ2) is 8.45. The Bertz CT molecular complexity index is 482. The summed E-state index contributed by atoms with van der Waals surface area (Å²) in [5.41, 5.74) is 0. The molecule has 2 heterocycles. The van der Waals surface area contributed by atoms with Crippen molar-refractivity contribution in [2.75, 3.05) is 13.2 Å². The molecule has 6 nitrogen and oxygen atoms in total. The average molecular weight is 329 g/mol. The summed E-state index contributed by atoms with van der Waals surface area (Å²) in [6.07, 6.45) is 2.84. The smallest absolute Gasteiger partial charge is 0.353 e. The number of hydrogen-bond donors (Lipinski definition) is 0. The van der Waals surface area contributed by atoms with Gasteiger partial charge in [-0.1, -0.05) is 0 Å². The van der Waals surface area contributed by atoms with Crippen LogP contribution in [0.15, 0.2) is 0 Å². The van der Waals surface area contributed by atoms with Crippen molar-refractivity contribution in [3.63, 3.8) is 0 Å². The SMILES string of the molecule is CCOC(=O)c1sc(COC2CCCCO2)nc1OC(C)C. The molecule has 124 valence electrons. The van der Waals surface area contributed by atoms with Crippen LogP contribution in [0.1, 0.15) is 54.7 Å². The van der Waals surface area contributed by atoms with E-state index in [1.54, 1.807) is 6.92 Å². The van der Waals surface area contributed by atoms with Crippen molar-refractivity contribution in [1.82, 2.24) is 4.98 Å². The number of thiazole rings is 1. The van der Waals surface area contributed by atoms with Gasteiger partial charge in [0.15, 0.2) is 11.2 Å². The van der Waals surface area contributed by atoms with Gasteiger partial charge >= 0.3 is 5.97 Å². The Morgan fingerprint density at radius 3 is 2.91 bits per heavy atom. The van der Waals surface area contributed by atoms with Gasteiger partial charge in [0.25, 0.3) is 0 Å². The second-order valence-electron chi connectivity index (χ2n) is 5.24. The Hall–Kier alpha value is -1.18. The van der Waals surface area contributed by atoms with Crippen LogP contribution in [0.3, 0.4) is 0 Å². The van der Waals surface area contributed by atoms with Crippen LogP contribution in [0.2, 0.25) is 0 Å². The van der Waals surface area contributed by atoms with E-state index >= 15 is 0 Å². The summed E-state index contributed by atoms with van der Waals surface area (Å²) in [6.45, 7) is 6.91. The molecule has 1 aliphatic rings. The monoisotopic (exact) mass is 329 g/mol. The van der Waals surface area contributed by atoms with Crippen molar-refractivity contribution >= 4 is 17.3 Å². The number of aromatic nitrogens is 1. The number of carbonyl (C=O) groups excluding carboxylic acids is 1. The molecule has 1 aromatic heterocycles. The van der Waals surface area contributed by atoms with Crippen molar-refractivity contribution < 1.29 is 23.7 Å². The molecule has 0 aromatic carbocycles. The molecule has 0 amide bonds. The fourth-order valence-electron chi connectivity index (χ4n) is 2.05. The zero-order chi connectivity index (χ0) is 15.9. The van der Waals surface area contributed by atoms with Gasteiger partial charge in [0, 0.05) is 6.61 Å². The summed E-state index contributed by atoms with van der Waals surface area (Å²) in [7, 11) is 0. The third kappa shape index (κ3) is 4.93. The molecule has 1 fully saturated rings. The lowest BCUT2D eigenvalue weighted by Crippen LogP contribution is -2.21. The van der Waals surface area contributed by atoms with Gasteiger partial charge < -0.3 is 18.9 Å². The number of esters is 1. The fourth-order valence-corrected chi connectivity index (χ4v) is 2.86. The van der Waals surface area contributed by atoms with Crippen LogP contribution in [0.25, 0.3) is 0 Å². The molecule has 0 spiro atoms. The molecule has 0 aliphatic carbocycles. The van der Waals surface area contributed by atoms with Crippen LogP contribution in [0, 0.1) is 0 Å². The van der Waals surface area contributed by atoms with Crippen LogP contribution < -0.4 is 4.74 Å². The van der Waals surface area contributed by atoms with Gasteiger partial charge in [-0.2, -0.15) is 0 Å². The molecule has 1 unspecified atom stereocenters. The quantitative estimate of drug-likeness (QED) is 0.716. The molecule has 1 atom stereocenters. The summed E-state index contributed by atoms with van der Waals surface area (Å²) in [6, 6.07) is 0. The zero-order valence-corrected chi connectivity index (χ0v) is 14.1. The van der Waals surface area contributed by atoms with Gasteiger partial charge in [-0.15, -0.1) is 11.3 Å². The first-order valence-corrected chi connectivity index (χ1v) is 8.48. The van der Waals surface area contributed by atoms with Gasteiger partial charge in [0.1, 0.15) is 11.6 Å². The Kier molecular flexibility index (Phi) is 6.60. The second-order valence-corrected chi connectivity index (χ2v) is 6.32. The van der Waals surface area contributed by atoms with E-state index in [0.717, 1.165) is 25.9 Å². The molecule has 1 aromatic rings. The van der Waals surface area contributed by atoms with E-state index in [2.05, 4.69) is 4.98 Å². The first-order valence-electron chi connectivity index (χ1n) is 7.66. The Morgan fingerprint density at radius 1 is 1.45 bits per heavy atom. The highest BCUT2D eigenvalue weighted by molar-refractivity contribution is 7.13. The number of nitrogens with zero attached hydrogens (tertiary/aromatic N) is 1. The molecular weight excluding hydrogens is 306 g/mol. The van der Waals surface area contributed by atoms with Crippen LogP contribution in [-0.2, 0) is 20.8 Å². The Balaban J connectivity index is 2.02. The average Bonchev–Trinajstić information content (AvgIpc) is 2.89. The predicted octanol–water partition coefficient (Wildman–Crippen LogP) is 3.15. The zero-order valence-electron chi connectivity index (χ0n) is 13.3. The number of carbonyl (C=O) groups is 1. The lowest BCUT2D eigenvalue weighted by atomic mass is 10.2. The maximum atomic E-state index is 12.0. The molecule has 0 N–H and O–H groups in total. The van der Waals surface area contributed by atoms with E-state index in [-0.39, 0.29) is 12.4 Å². The molecule has 22 heavy (non-hydrogen) atoms. The summed E-state index contributed by atoms with van der Waals surface area (Å²) in [5.74, 6) is -0.0857. The fraction of sp³-hybridized carbons (Fsp3) is 0.733. The van der Waals surface area contributed by atoms with E-state index in [1.165, 1.54) is 11.3 Å². The van der Waals surface area contributed by atoms with Crippen molar-refractivity contribution in [3.8, 4) is 5.88 Å². The van der Waals surface area contributed by atoms with Crippen molar-refractivity contribution in [2.45, 2.75) is 59.0 Å². The molecular formula is C15H23NO5S. The first-order chi connectivity index (χ1) is 10.6. The molecule has 0 bridgehead atoms. The summed E-state index contributed by atoms with van der Waals surface area (Å²) in [4.78, 5) is 16.7. The summed E-state index contributed by atoms with van der Waals surface area (Å²) >= 11 is 1.25. The number of hydrogen-bond acceptors (Lipinski definition) is 7. The van der Waals surface area contributed by atoms with E-state index < -0.39 is 5.97 Å². The van der Waals surface area contributed by atoms with Gasteiger partial charge in [-0.05, 0) is 40.0 Å². The van der Waals surface area contributed by atoms with Crippen LogP contribution >= 0.6 is 11.3 Å². The minimum Gasteiger partial charge on any atom is -0.474 e. The molecule has 0 saturated carbocycles. The predicted molar refractivity (Wildman–Crippen MR) is 82.2 cm³/mol. The van der Waals surface area contributed by atoms with Gasteiger partial charge in [0.05, 0.1) is 12.7 Å². The largest absolute Gasteiger partial charge is 0.474 e. The van der Waals surface area contributed by atoms with Gasteiger partial charge in [-0.3, -0.25) is 0 Å². The van der Waals surface area contributed by atoms with E-state index in [1.807, 2.05) is 13.8 Å². The molecule has 1 saturated heterocycles. The highest BCUT2D eigenvalue weighted by Gasteiger charge is 2.23. The highest BCUT2D eigenvalue weighted by Crippen LogP contribution is 2.28. The third-order valence-corrected chi connectivity index (χ3v) is 3.97. The van der Waals surface area contributed by atoms with Gasteiger partial charge in [0.2, 0.25) is 5.88 Å². The highest BCUT2D eigenvalue weighted by atomic mass is 32.1. The standard InChI is InChI=1S/C15H23NO5S/c1-4-18-15(17)13-14(21-10(2)3)16-11(22-13)9-20-12-7-5-6-8-19-12/h10,12H,4-9H2,1-3H3. The van der Waals surface area contributed by atoms with E-state index in [4.69, 9.17) is 18.9 Å². The lowest BCUT2D eigenvalue weighted by molar-refractivity contribution is -0.168.